The number of anilines is 2. The van der Waals surface area contributed by atoms with Crippen LogP contribution in [0.2, 0.25) is 0 Å². The molecular formula is C21H33N3O2S. The summed E-state index contributed by atoms with van der Waals surface area (Å²) in [6, 6.07) is 7.83. The first-order valence-corrected chi connectivity index (χ1v) is 11.3. The fourth-order valence-electron chi connectivity index (χ4n) is 3.16. The number of nitrogens with zero attached hydrogens (tertiary/aromatic N) is 1. The van der Waals surface area contributed by atoms with Gasteiger partial charge in [-0.1, -0.05) is 19.4 Å². The lowest BCUT2D eigenvalue weighted by molar-refractivity contribution is -0.121. The SMILES string of the molecule is CCCCSCCC(=O)NC(C)CC(=O)Nc1cccc(N2CCCC2)c1. The van der Waals surface area contributed by atoms with E-state index in [0.717, 1.165) is 36.0 Å². The van der Waals surface area contributed by atoms with Crippen LogP contribution in [-0.2, 0) is 9.59 Å². The Balaban J connectivity index is 1.70. The smallest absolute Gasteiger partial charge is 0.226 e. The minimum atomic E-state index is -0.167. The van der Waals surface area contributed by atoms with Gasteiger partial charge in [0.25, 0.3) is 0 Å². The van der Waals surface area contributed by atoms with Crippen molar-refractivity contribution < 1.29 is 9.59 Å². The molecule has 0 bridgehead atoms. The van der Waals surface area contributed by atoms with Crippen LogP contribution in [0.1, 0.15) is 52.4 Å². The van der Waals surface area contributed by atoms with E-state index in [1.54, 1.807) is 0 Å². The maximum Gasteiger partial charge on any atom is 0.226 e. The second-order valence-corrected chi connectivity index (χ2v) is 8.41. The third-order valence-corrected chi connectivity index (χ3v) is 5.69. The predicted molar refractivity (Wildman–Crippen MR) is 116 cm³/mol. The highest BCUT2D eigenvalue weighted by Crippen LogP contribution is 2.23. The van der Waals surface area contributed by atoms with Crippen molar-refractivity contribution in [2.45, 2.75) is 58.4 Å². The van der Waals surface area contributed by atoms with Gasteiger partial charge in [-0.05, 0) is 50.1 Å². The lowest BCUT2D eigenvalue weighted by Crippen LogP contribution is -2.35. The van der Waals surface area contributed by atoms with Gasteiger partial charge in [0.05, 0.1) is 0 Å². The van der Waals surface area contributed by atoms with Gasteiger partial charge in [-0.15, -0.1) is 0 Å². The molecule has 0 spiro atoms. The Morgan fingerprint density at radius 3 is 2.70 bits per heavy atom. The highest BCUT2D eigenvalue weighted by atomic mass is 32.2. The molecule has 1 unspecified atom stereocenters. The lowest BCUT2D eigenvalue weighted by atomic mass is 10.2. The predicted octanol–water partition coefficient (Wildman–Crippen LogP) is 4.04. The molecule has 27 heavy (non-hydrogen) atoms. The molecular weight excluding hydrogens is 358 g/mol. The van der Waals surface area contributed by atoms with E-state index in [1.807, 2.05) is 36.9 Å². The Labute approximate surface area is 167 Å². The summed E-state index contributed by atoms with van der Waals surface area (Å²) in [7, 11) is 0. The van der Waals surface area contributed by atoms with E-state index in [0.29, 0.717) is 6.42 Å². The Morgan fingerprint density at radius 2 is 1.96 bits per heavy atom. The molecule has 1 aliphatic heterocycles. The van der Waals surface area contributed by atoms with Gasteiger partial charge < -0.3 is 15.5 Å². The number of rotatable bonds is 11. The number of benzene rings is 1. The number of unbranched alkanes of at least 4 members (excludes halogenated alkanes) is 1. The summed E-state index contributed by atoms with van der Waals surface area (Å²) in [5, 5.41) is 5.88. The monoisotopic (exact) mass is 391 g/mol. The van der Waals surface area contributed by atoms with Crippen LogP contribution < -0.4 is 15.5 Å². The first kappa shape index (κ1) is 21.6. The molecule has 1 aliphatic rings. The molecule has 1 heterocycles. The first-order chi connectivity index (χ1) is 13.1. The molecule has 1 saturated heterocycles. The van der Waals surface area contributed by atoms with Crippen LogP contribution in [0.4, 0.5) is 11.4 Å². The normalized spacial score (nSPS) is 14.8. The first-order valence-electron chi connectivity index (χ1n) is 10.1. The molecule has 0 saturated carbocycles. The lowest BCUT2D eigenvalue weighted by Gasteiger charge is -2.19. The van der Waals surface area contributed by atoms with Crippen LogP contribution in [0, 0.1) is 0 Å². The summed E-state index contributed by atoms with van der Waals surface area (Å²) in [6.07, 6.45) is 5.63. The van der Waals surface area contributed by atoms with Crippen molar-refractivity contribution in [3.63, 3.8) is 0 Å². The number of carbonyl (C=O) groups excluding carboxylic acids is 2. The number of thioether (sulfide) groups is 1. The fraction of sp³-hybridized carbons (Fsp3) is 0.619. The van der Waals surface area contributed by atoms with Gasteiger partial charge in [0.15, 0.2) is 0 Å². The van der Waals surface area contributed by atoms with E-state index in [-0.39, 0.29) is 24.3 Å². The minimum absolute atomic E-state index is 0.0235. The van der Waals surface area contributed by atoms with Crippen molar-refractivity contribution in [1.29, 1.82) is 0 Å². The van der Waals surface area contributed by atoms with Crippen LogP contribution >= 0.6 is 11.8 Å². The molecule has 1 fully saturated rings. The van der Waals surface area contributed by atoms with E-state index in [2.05, 4.69) is 28.5 Å². The number of carbonyl (C=O) groups is 2. The zero-order chi connectivity index (χ0) is 19.5. The number of nitrogens with one attached hydrogen (secondary N) is 2. The highest BCUT2D eigenvalue weighted by molar-refractivity contribution is 7.99. The average molecular weight is 392 g/mol. The molecule has 1 atom stereocenters. The summed E-state index contributed by atoms with van der Waals surface area (Å²) < 4.78 is 0. The van der Waals surface area contributed by atoms with Gasteiger partial charge in [-0.3, -0.25) is 9.59 Å². The Morgan fingerprint density at radius 1 is 1.19 bits per heavy atom. The molecule has 150 valence electrons. The molecule has 0 radical (unpaired) electrons. The van der Waals surface area contributed by atoms with E-state index in [4.69, 9.17) is 0 Å². The van der Waals surface area contributed by atoms with Gasteiger partial charge in [0, 0.05) is 49.1 Å². The number of hydrogen-bond acceptors (Lipinski definition) is 4. The summed E-state index contributed by atoms with van der Waals surface area (Å²) in [6.45, 7) is 6.21. The molecule has 2 N–H and O–H groups in total. The summed E-state index contributed by atoms with van der Waals surface area (Å²) >= 11 is 1.82. The van der Waals surface area contributed by atoms with Crippen molar-refractivity contribution in [3.8, 4) is 0 Å². The average Bonchev–Trinajstić information content (AvgIpc) is 3.16. The Kier molecular flexibility index (Phi) is 9.53. The minimum Gasteiger partial charge on any atom is -0.371 e. The summed E-state index contributed by atoms with van der Waals surface area (Å²) in [4.78, 5) is 26.6. The van der Waals surface area contributed by atoms with Crippen LogP contribution in [0.25, 0.3) is 0 Å². The fourth-order valence-corrected chi connectivity index (χ4v) is 4.18. The zero-order valence-corrected chi connectivity index (χ0v) is 17.4. The number of amides is 2. The maximum absolute atomic E-state index is 12.3. The zero-order valence-electron chi connectivity index (χ0n) is 16.6. The molecule has 6 heteroatoms. The van der Waals surface area contributed by atoms with Crippen LogP contribution in [0.3, 0.4) is 0 Å². The number of hydrogen-bond donors (Lipinski definition) is 2. The van der Waals surface area contributed by atoms with E-state index in [9.17, 15) is 9.59 Å². The highest BCUT2D eigenvalue weighted by Gasteiger charge is 2.14. The van der Waals surface area contributed by atoms with Crippen molar-refractivity contribution in [2.75, 3.05) is 34.8 Å². The van der Waals surface area contributed by atoms with Crippen molar-refractivity contribution in [2.24, 2.45) is 0 Å². The van der Waals surface area contributed by atoms with Crippen molar-refractivity contribution in [3.05, 3.63) is 24.3 Å². The Bertz CT molecular complexity index is 603. The molecule has 2 amide bonds. The van der Waals surface area contributed by atoms with Crippen molar-refractivity contribution >= 4 is 35.0 Å². The van der Waals surface area contributed by atoms with Crippen LogP contribution in [0.5, 0.6) is 0 Å². The van der Waals surface area contributed by atoms with E-state index < -0.39 is 0 Å². The van der Waals surface area contributed by atoms with Crippen molar-refractivity contribution in [1.82, 2.24) is 5.32 Å². The van der Waals surface area contributed by atoms with Crippen LogP contribution in [-0.4, -0.2) is 42.5 Å². The van der Waals surface area contributed by atoms with Gasteiger partial charge in [-0.25, -0.2) is 0 Å². The molecule has 0 aromatic heterocycles. The van der Waals surface area contributed by atoms with E-state index in [1.165, 1.54) is 25.7 Å². The largest absolute Gasteiger partial charge is 0.371 e. The standard InChI is InChI=1S/C21H33N3O2S/c1-3-4-13-27-14-10-20(25)22-17(2)15-21(26)23-18-8-7-9-19(16-18)24-11-5-6-12-24/h7-9,16-17H,3-6,10-15H2,1-2H3,(H,22,25)(H,23,26). The third kappa shape index (κ3) is 8.24. The molecule has 1 aromatic carbocycles. The van der Waals surface area contributed by atoms with Gasteiger partial charge in [0.1, 0.15) is 0 Å². The summed E-state index contributed by atoms with van der Waals surface area (Å²) in [5.74, 6) is 1.90. The Hall–Kier alpha value is -1.69. The second-order valence-electron chi connectivity index (χ2n) is 7.18. The molecule has 5 nitrogen and oxygen atoms in total. The maximum atomic E-state index is 12.3. The molecule has 1 aromatic rings. The van der Waals surface area contributed by atoms with Gasteiger partial charge >= 0.3 is 0 Å². The molecule has 0 aliphatic carbocycles. The van der Waals surface area contributed by atoms with Gasteiger partial charge in [0.2, 0.25) is 11.8 Å². The second kappa shape index (κ2) is 11.9. The third-order valence-electron chi connectivity index (χ3n) is 4.62. The topological polar surface area (TPSA) is 61.4 Å². The van der Waals surface area contributed by atoms with E-state index >= 15 is 0 Å². The molecule has 2 rings (SSSR count). The van der Waals surface area contributed by atoms with Gasteiger partial charge in [-0.2, -0.15) is 11.8 Å². The van der Waals surface area contributed by atoms with Crippen LogP contribution in [0.15, 0.2) is 24.3 Å². The quantitative estimate of drug-likeness (QED) is 0.559. The summed E-state index contributed by atoms with van der Waals surface area (Å²) in [5.41, 5.74) is 1.97.